The maximum absolute atomic E-state index is 13.0. The van der Waals surface area contributed by atoms with Crippen LogP contribution in [0.5, 0.6) is 5.75 Å². The largest absolute Gasteiger partial charge is 0.497 e. The Morgan fingerprint density at radius 2 is 2.00 bits per heavy atom. The second-order valence-electron chi connectivity index (χ2n) is 7.02. The molecule has 2 heterocycles. The molecule has 0 radical (unpaired) electrons. The van der Waals surface area contributed by atoms with Crippen LogP contribution in [0.1, 0.15) is 17.8 Å². The molecule has 0 saturated carbocycles. The first kappa shape index (κ1) is 24.2. The monoisotopic (exact) mass is 474 g/mol. The number of hydrogen-bond donors (Lipinski definition) is 2. The molecule has 0 bridgehead atoms. The molecule has 2 aromatic heterocycles. The summed E-state index contributed by atoms with van der Waals surface area (Å²) in [6.45, 7) is -0.509. The van der Waals surface area contributed by atoms with E-state index in [9.17, 15) is 14.2 Å². The van der Waals surface area contributed by atoms with Crippen LogP contribution in [0.2, 0.25) is 0 Å². The SMILES string of the molecule is C#CCn1c(=O)c2c(nc(/C=C/c3cccc(OC)c3)n2C)n(CCCOP(=O)(O)O)c1=O. The summed E-state index contributed by atoms with van der Waals surface area (Å²) < 4.78 is 24.3. The molecule has 3 aromatic rings. The fourth-order valence-corrected chi connectivity index (χ4v) is 3.65. The summed E-state index contributed by atoms with van der Waals surface area (Å²) in [5.74, 6) is 3.40. The zero-order chi connectivity index (χ0) is 24.2. The second kappa shape index (κ2) is 10.0. The lowest BCUT2D eigenvalue weighted by atomic mass is 10.2. The molecule has 0 fully saturated rings. The Kier molecular flexibility index (Phi) is 7.36. The average molecular weight is 474 g/mol. The van der Waals surface area contributed by atoms with Gasteiger partial charge < -0.3 is 19.1 Å². The number of ether oxygens (including phenoxy) is 1. The van der Waals surface area contributed by atoms with E-state index >= 15 is 0 Å². The van der Waals surface area contributed by atoms with Gasteiger partial charge in [0.2, 0.25) is 0 Å². The van der Waals surface area contributed by atoms with Crippen molar-refractivity contribution in [1.82, 2.24) is 18.7 Å². The number of benzene rings is 1. The molecule has 1 aromatic carbocycles. The molecule has 0 atom stereocenters. The van der Waals surface area contributed by atoms with Gasteiger partial charge in [-0.25, -0.2) is 18.9 Å². The van der Waals surface area contributed by atoms with Gasteiger partial charge in [0.05, 0.1) is 20.3 Å². The molecule has 0 saturated heterocycles. The standard InChI is InChI=1S/C21H23N4O7P/c1-4-11-25-20(26)18-19(24(21(25)27)12-6-13-32-33(28,29)30)22-17(23(18)2)10-9-15-7-5-8-16(14-15)31-3/h1,5,7-10,14H,6,11-13H2,2-3H3,(H2,28,29,30)/b10-9+. The first-order valence-corrected chi connectivity index (χ1v) is 11.3. The van der Waals surface area contributed by atoms with Gasteiger partial charge in [0, 0.05) is 13.6 Å². The van der Waals surface area contributed by atoms with Gasteiger partial charge in [-0.15, -0.1) is 6.42 Å². The zero-order valence-electron chi connectivity index (χ0n) is 18.0. The summed E-state index contributed by atoms with van der Waals surface area (Å²) in [6.07, 6.45) is 8.92. The predicted octanol–water partition coefficient (Wildman–Crippen LogP) is 1.21. The van der Waals surface area contributed by atoms with E-state index in [0.29, 0.717) is 11.6 Å². The highest BCUT2D eigenvalue weighted by Crippen LogP contribution is 2.35. The van der Waals surface area contributed by atoms with Crippen molar-refractivity contribution in [3.8, 4) is 18.1 Å². The van der Waals surface area contributed by atoms with Crippen LogP contribution in [0.3, 0.4) is 0 Å². The number of nitrogens with zero attached hydrogens (tertiary/aromatic N) is 4. The number of imidazole rings is 1. The smallest absolute Gasteiger partial charge is 0.469 e. The van der Waals surface area contributed by atoms with E-state index < -0.39 is 19.1 Å². The number of methoxy groups -OCH3 is 1. The minimum absolute atomic E-state index is 0.0102. The van der Waals surface area contributed by atoms with Crippen molar-refractivity contribution in [2.45, 2.75) is 19.5 Å². The van der Waals surface area contributed by atoms with Crippen LogP contribution in [0.4, 0.5) is 0 Å². The number of aryl methyl sites for hydroxylation is 2. The van der Waals surface area contributed by atoms with Crippen molar-refractivity contribution in [3.05, 3.63) is 56.5 Å². The average Bonchev–Trinajstić information content (AvgIpc) is 3.10. The van der Waals surface area contributed by atoms with Crippen LogP contribution in [0.15, 0.2) is 33.9 Å². The summed E-state index contributed by atoms with van der Waals surface area (Å²) in [6, 6.07) is 7.35. The molecule has 0 amide bonds. The molecule has 33 heavy (non-hydrogen) atoms. The fourth-order valence-electron chi connectivity index (χ4n) is 3.28. The molecule has 0 unspecified atom stereocenters. The highest BCUT2D eigenvalue weighted by molar-refractivity contribution is 7.46. The first-order valence-electron chi connectivity index (χ1n) is 9.82. The van der Waals surface area contributed by atoms with Crippen LogP contribution in [0.25, 0.3) is 23.3 Å². The van der Waals surface area contributed by atoms with E-state index in [4.69, 9.17) is 20.9 Å². The van der Waals surface area contributed by atoms with Crippen LogP contribution in [-0.2, 0) is 29.2 Å². The van der Waals surface area contributed by atoms with E-state index in [-0.39, 0.29) is 37.3 Å². The highest BCUT2D eigenvalue weighted by atomic mass is 31.2. The lowest BCUT2D eigenvalue weighted by Crippen LogP contribution is -2.40. The van der Waals surface area contributed by atoms with Gasteiger partial charge in [0.15, 0.2) is 11.2 Å². The van der Waals surface area contributed by atoms with E-state index in [0.717, 1.165) is 10.1 Å². The quantitative estimate of drug-likeness (QED) is 0.268. The summed E-state index contributed by atoms with van der Waals surface area (Å²) in [4.78, 5) is 48.0. The molecule has 0 aliphatic rings. The Balaban J connectivity index is 2.06. The van der Waals surface area contributed by atoms with Crippen molar-refractivity contribution < 1.29 is 23.6 Å². The van der Waals surface area contributed by atoms with Gasteiger partial charge in [-0.2, -0.15) is 0 Å². The van der Waals surface area contributed by atoms with Gasteiger partial charge in [0.25, 0.3) is 5.56 Å². The zero-order valence-corrected chi connectivity index (χ0v) is 18.9. The Morgan fingerprint density at radius 3 is 2.67 bits per heavy atom. The van der Waals surface area contributed by atoms with Gasteiger partial charge in [-0.1, -0.05) is 24.1 Å². The van der Waals surface area contributed by atoms with E-state index in [1.807, 2.05) is 24.3 Å². The van der Waals surface area contributed by atoms with Crippen LogP contribution >= 0.6 is 7.82 Å². The minimum atomic E-state index is -4.63. The molecular formula is C21H23N4O7P. The van der Waals surface area contributed by atoms with E-state index in [2.05, 4.69) is 15.4 Å². The van der Waals surface area contributed by atoms with Crippen molar-refractivity contribution in [2.75, 3.05) is 13.7 Å². The lowest BCUT2D eigenvalue weighted by molar-refractivity contribution is 0.192. The number of fused-ring (bicyclic) bond motifs is 1. The Labute approximate surface area is 188 Å². The number of hydrogen-bond acceptors (Lipinski definition) is 6. The van der Waals surface area contributed by atoms with Gasteiger partial charge >= 0.3 is 13.5 Å². The third-order valence-electron chi connectivity index (χ3n) is 4.83. The molecule has 0 aliphatic carbocycles. The van der Waals surface area contributed by atoms with Crippen LogP contribution in [0, 0.1) is 12.3 Å². The Morgan fingerprint density at radius 1 is 1.24 bits per heavy atom. The van der Waals surface area contributed by atoms with Crippen molar-refractivity contribution in [3.63, 3.8) is 0 Å². The predicted molar refractivity (Wildman–Crippen MR) is 123 cm³/mol. The van der Waals surface area contributed by atoms with Gasteiger partial charge in [-0.05, 0) is 30.2 Å². The molecule has 11 nitrogen and oxygen atoms in total. The summed E-state index contributed by atoms with van der Waals surface area (Å²) >= 11 is 0. The van der Waals surface area contributed by atoms with Gasteiger partial charge in [-0.3, -0.25) is 13.9 Å². The lowest BCUT2D eigenvalue weighted by Gasteiger charge is -2.10. The number of aromatic nitrogens is 4. The summed E-state index contributed by atoms with van der Waals surface area (Å²) in [7, 11) is -1.41. The Bertz CT molecular complexity index is 1400. The fraction of sp³-hybridized carbons (Fsp3) is 0.286. The van der Waals surface area contributed by atoms with E-state index in [1.54, 1.807) is 30.9 Å². The molecule has 0 aliphatic heterocycles. The maximum atomic E-state index is 13.0. The molecule has 3 rings (SSSR count). The number of phosphoric acid groups is 1. The third-order valence-corrected chi connectivity index (χ3v) is 5.35. The number of rotatable bonds is 9. The second-order valence-corrected chi connectivity index (χ2v) is 8.26. The van der Waals surface area contributed by atoms with E-state index in [1.165, 1.54) is 4.57 Å². The first-order chi connectivity index (χ1) is 15.7. The number of phosphoric ester groups is 1. The normalized spacial score (nSPS) is 11.8. The molecule has 174 valence electrons. The molecule has 0 spiro atoms. The number of terminal acetylenes is 1. The molecule has 2 N–H and O–H groups in total. The highest BCUT2D eigenvalue weighted by Gasteiger charge is 2.19. The van der Waals surface area contributed by atoms with Crippen molar-refractivity contribution in [2.24, 2.45) is 7.05 Å². The minimum Gasteiger partial charge on any atom is -0.497 e. The summed E-state index contributed by atoms with van der Waals surface area (Å²) in [5.41, 5.74) is -0.0823. The van der Waals surface area contributed by atoms with Crippen LogP contribution < -0.4 is 16.0 Å². The maximum Gasteiger partial charge on any atom is 0.469 e. The topological polar surface area (TPSA) is 138 Å². The van der Waals surface area contributed by atoms with Crippen molar-refractivity contribution >= 4 is 31.1 Å². The molecule has 12 heteroatoms. The van der Waals surface area contributed by atoms with Gasteiger partial charge in [0.1, 0.15) is 11.6 Å². The van der Waals surface area contributed by atoms with Crippen LogP contribution in [-0.4, -0.2) is 42.2 Å². The van der Waals surface area contributed by atoms with Crippen molar-refractivity contribution in [1.29, 1.82) is 0 Å². The molecular weight excluding hydrogens is 451 g/mol. The third kappa shape index (κ3) is 5.50. The Hall–Kier alpha value is -3.42. The summed E-state index contributed by atoms with van der Waals surface area (Å²) in [5, 5.41) is 0.